The minimum absolute atomic E-state index is 0.0639. The van der Waals surface area contributed by atoms with Crippen LogP contribution in [-0.2, 0) is 27.3 Å². The zero-order valence-electron chi connectivity index (χ0n) is 21.1. The van der Waals surface area contributed by atoms with Crippen LogP contribution in [0, 0.1) is 0 Å². The highest BCUT2D eigenvalue weighted by molar-refractivity contribution is 6.24. The topological polar surface area (TPSA) is 119 Å². The summed E-state index contributed by atoms with van der Waals surface area (Å²) in [5.74, 6) is -1.42. The second-order valence-corrected chi connectivity index (χ2v) is 9.28. The molecule has 194 valence electrons. The number of nitrogens with zero attached hydrogens (tertiary/aromatic N) is 5. The van der Waals surface area contributed by atoms with Crippen molar-refractivity contribution in [3.05, 3.63) is 102 Å². The third-order valence-electron chi connectivity index (χ3n) is 6.92. The summed E-state index contributed by atoms with van der Waals surface area (Å²) in [5, 5.41) is 6.92. The molecule has 0 saturated heterocycles. The van der Waals surface area contributed by atoms with Crippen molar-refractivity contribution in [2.75, 3.05) is 23.9 Å². The number of carbonyl (C=O) groups excluding carboxylic acids is 3. The summed E-state index contributed by atoms with van der Waals surface area (Å²) in [4.78, 5) is 48.8. The van der Waals surface area contributed by atoms with Crippen LogP contribution in [0.2, 0.25) is 0 Å². The number of aliphatic imine (C=N–C) groups is 1. The maximum Gasteiger partial charge on any atom is 0.337 e. The highest BCUT2D eigenvalue weighted by Crippen LogP contribution is 2.38. The lowest BCUT2D eigenvalue weighted by Gasteiger charge is -2.17. The van der Waals surface area contributed by atoms with E-state index in [1.165, 1.54) is 24.4 Å². The van der Waals surface area contributed by atoms with Crippen LogP contribution in [0.25, 0.3) is 0 Å². The number of hydrogen-bond acceptors (Lipinski definition) is 7. The molecule has 1 atom stereocenters. The first-order chi connectivity index (χ1) is 19.0. The monoisotopic (exact) mass is 520 g/mol. The van der Waals surface area contributed by atoms with Crippen LogP contribution in [0.15, 0.2) is 84.4 Å². The summed E-state index contributed by atoms with van der Waals surface area (Å²) in [6.45, 7) is 0.688. The Bertz CT molecular complexity index is 1610. The largest absolute Gasteiger partial charge is 0.465 e. The molecule has 39 heavy (non-hydrogen) atoms. The number of ether oxygens (including phenoxy) is 1. The quantitative estimate of drug-likeness (QED) is 0.307. The van der Waals surface area contributed by atoms with E-state index >= 15 is 0 Å². The maximum absolute atomic E-state index is 13.3. The van der Waals surface area contributed by atoms with E-state index in [1.807, 2.05) is 48.5 Å². The van der Waals surface area contributed by atoms with Gasteiger partial charge in [0.25, 0.3) is 0 Å². The number of anilines is 2. The van der Waals surface area contributed by atoms with Crippen molar-refractivity contribution < 1.29 is 19.1 Å². The Morgan fingerprint density at radius 3 is 2.69 bits per heavy atom. The summed E-state index contributed by atoms with van der Waals surface area (Å²) in [6.07, 6.45) is 3.62. The Kier molecular flexibility index (Phi) is 6.20. The molecule has 1 unspecified atom stereocenters. The number of rotatable bonds is 6. The summed E-state index contributed by atoms with van der Waals surface area (Å²) < 4.78 is 6.33. The van der Waals surface area contributed by atoms with Crippen molar-refractivity contribution in [3.8, 4) is 0 Å². The molecule has 1 N–H and O–H groups in total. The molecule has 0 spiro atoms. The zero-order valence-corrected chi connectivity index (χ0v) is 21.1. The second-order valence-electron chi connectivity index (χ2n) is 9.28. The molecule has 0 saturated carbocycles. The number of fused-ring (bicyclic) bond motifs is 2. The molecule has 4 aromatic rings. The molecule has 0 radical (unpaired) electrons. The number of methoxy groups -OCH3 is 1. The fourth-order valence-electron chi connectivity index (χ4n) is 5.08. The van der Waals surface area contributed by atoms with Crippen LogP contribution < -0.4 is 10.2 Å². The molecular weight excluding hydrogens is 496 g/mol. The molecule has 10 nitrogen and oxygen atoms in total. The van der Waals surface area contributed by atoms with E-state index in [9.17, 15) is 14.4 Å². The Hall–Kier alpha value is -5.12. The molecule has 6 rings (SSSR count). The van der Waals surface area contributed by atoms with Crippen LogP contribution in [0.4, 0.5) is 17.1 Å². The molecule has 10 heteroatoms. The highest BCUT2D eigenvalue weighted by Gasteiger charge is 2.36. The van der Waals surface area contributed by atoms with Crippen molar-refractivity contribution in [1.82, 2.24) is 14.8 Å². The van der Waals surface area contributed by atoms with Gasteiger partial charge in [0.2, 0.25) is 11.8 Å². The number of aromatic nitrogens is 3. The number of hydrogen-bond donors (Lipinski definition) is 1. The maximum atomic E-state index is 13.3. The van der Waals surface area contributed by atoms with E-state index in [4.69, 9.17) is 9.73 Å². The van der Waals surface area contributed by atoms with E-state index in [0.29, 0.717) is 35.6 Å². The van der Waals surface area contributed by atoms with Crippen molar-refractivity contribution >= 4 is 40.6 Å². The van der Waals surface area contributed by atoms with Gasteiger partial charge in [0.1, 0.15) is 25.1 Å². The summed E-state index contributed by atoms with van der Waals surface area (Å²) in [5.41, 5.74) is 5.60. The Labute approximate surface area is 224 Å². The van der Waals surface area contributed by atoms with Gasteiger partial charge in [-0.3, -0.25) is 14.6 Å². The van der Waals surface area contributed by atoms with Gasteiger partial charge in [0, 0.05) is 17.9 Å². The minimum atomic E-state index is -0.664. The SMILES string of the molecule is COC(=O)c1ccc2c(c1)NC(=O)C2C(=Nc1ccc2c(c1)CCN2C(=O)Cn1cncn1)c1ccccc1. The molecule has 2 aliphatic rings. The third kappa shape index (κ3) is 4.56. The summed E-state index contributed by atoms with van der Waals surface area (Å²) >= 11 is 0. The normalized spacial score (nSPS) is 16.0. The lowest BCUT2D eigenvalue weighted by atomic mass is 9.90. The number of benzene rings is 3. The van der Waals surface area contributed by atoms with Gasteiger partial charge in [-0.15, -0.1) is 0 Å². The van der Waals surface area contributed by atoms with Crippen LogP contribution in [0.3, 0.4) is 0 Å². The first-order valence-electron chi connectivity index (χ1n) is 12.4. The van der Waals surface area contributed by atoms with Crippen LogP contribution in [-0.4, -0.2) is 51.9 Å². The first kappa shape index (κ1) is 24.2. The third-order valence-corrected chi connectivity index (χ3v) is 6.92. The van der Waals surface area contributed by atoms with Crippen molar-refractivity contribution in [2.24, 2.45) is 4.99 Å². The van der Waals surface area contributed by atoms with Gasteiger partial charge in [0.05, 0.1) is 24.1 Å². The highest BCUT2D eigenvalue weighted by atomic mass is 16.5. The van der Waals surface area contributed by atoms with Gasteiger partial charge in [-0.05, 0) is 53.4 Å². The molecule has 3 heterocycles. The van der Waals surface area contributed by atoms with Gasteiger partial charge in [0.15, 0.2) is 0 Å². The first-order valence-corrected chi connectivity index (χ1v) is 12.4. The van der Waals surface area contributed by atoms with Crippen molar-refractivity contribution in [1.29, 1.82) is 0 Å². The van der Waals surface area contributed by atoms with Gasteiger partial charge in [-0.25, -0.2) is 14.5 Å². The summed E-state index contributed by atoms with van der Waals surface area (Å²) in [7, 11) is 1.32. The van der Waals surface area contributed by atoms with Gasteiger partial charge in [-0.2, -0.15) is 5.10 Å². The Morgan fingerprint density at radius 2 is 1.92 bits per heavy atom. The zero-order chi connectivity index (χ0) is 26.9. The van der Waals surface area contributed by atoms with E-state index in [2.05, 4.69) is 15.4 Å². The molecule has 0 fully saturated rings. The predicted molar refractivity (Wildman–Crippen MR) is 144 cm³/mol. The Balaban J connectivity index is 1.35. The number of amides is 2. The lowest BCUT2D eigenvalue weighted by molar-refractivity contribution is -0.119. The average Bonchev–Trinajstić information content (AvgIpc) is 3.69. The standard InChI is InChI=1S/C29H24N6O4/c1-39-29(38)20-7-9-22-23(14-20)33-28(37)26(22)27(18-5-3-2-4-6-18)32-21-8-10-24-19(13-21)11-12-35(24)25(36)15-34-17-30-16-31-34/h2-10,13-14,16-17,26H,11-12,15H2,1H3,(H,33,37). The van der Waals surface area contributed by atoms with Crippen LogP contribution in [0.5, 0.6) is 0 Å². The Morgan fingerprint density at radius 1 is 1.08 bits per heavy atom. The minimum Gasteiger partial charge on any atom is -0.465 e. The smallest absolute Gasteiger partial charge is 0.337 e. The fourth-order valence-corrected chi connectivity index (χ4v) is 5.08. The van der Waals surface area contributed by atoms with Gasteiger partial charge >= 0.3 is 5.97 Å². The van der Waals surface area contributed by atoms with Crippen LogP contribution in [0.1, 0.15) is 33.0 Å². The molecule has 2 aliphatic heterocycles. The van der Waals surface area contributed by atoms with E-state index in [1.54, 1.807) is 23.1 Å². The van der Waals surface area contributed by atoms with E-state index in [-0.39, 0.29) is 18.4 Å². The van der Waals surface area contributed by atoms with Crippen molar-refractivity contribution in [3.63, 3.8) is 0 Å². The van der Waals surface area contributed by atoms with Gasteiger partial charge < -0.3 is 15.0 Å². The fraction of sp³-hybridized carbons (Fsp3) is 0.172. The van der Waals surface area contributed by atoms with Crippen molar-refractivity contribution in [2.45, 2.75) is 18.9 Å². The molecular formula is C29H24N6O4. The van der Waals surface area contributed by atoms with E-state index < -0.39 is 11.9 Å². The molecule has 0 aliphatic carbocycles. The number of nitrogens with one attached hydrogen (secondary N) is 1. The predicted octanol–water partition coefficient (Wildman–Crippen LogP) is 3.51. The van der Waals surface area contributed by atoms with Gasteiger partial charge in [-0.1, -0.05) is 36.4 Å². The van der Waals surface area contributed by atoms with E-state index in [0.717, 1.165) is 22.4 Å². The van der Waals surface area contributed by atoms with Crippen LogP contribution >= 0.6 is 0 Å². The molecule has 0 bridgehead atoms. The number of esters is 1. The number of carbonyl (C=O) groups is 3. The summed E-state index contributed by atoms with van der Waals surface area (Å²) in [6, 6.07) is 20.3. The lowest BCUT2D eigenvalue weighted by Crippen LogP contribution is -2.32. The molecule has 2 amide bonds. The molecule has 3 aromatic carbocycles. The molecule has 1 aromatic heterocycles. The second kappa shape index (κ2) is 9.97. The average molecular weight is 521 g/mol.